The first kappa shape index (κ1) is 14.6. The van der Waals surface area contributed by atoms with E-state index in [0.717, 1.165) is 5.82 Å². The zero-order valence-electron chi connectivity index (χ0n) is 11.8. The molecule has 1 atom stereocenters. The van der Waals surface area contributed by atoms with Crippen LogP contribution in [0.4, 0.5) is 0 Å². The van der Waals surface area contributed by atoms with E-state index >= 15 is 0 Å². The van der Waals surface area contributed by atoms with Gasteiger partial charge >= 0.3 is 5.97 Å². The number of aromatic nitrogens is 3. The first-order chi connectivity index (χ1) is 8.45. The van der Waals surface area contributed by atoms with E-state index in [1.807, 2.05) is 23.6 Å². The third kappa shape index (κ3) is 3.80. The molecule has 0 radical (unpaired) electrons. The van der Waals surface area contributed by atoms with Gasteiger partial charge in [0.1, 0.15) is 12.2 Å². The van der Waals surface area contributed by atoms with Crippen molar-refractivity contribution in [1.29, 1.82) is 0 Å². The highest BCUT2D eigenvalue weighted by molar-refractivity contribution is 5.71. The smallest absolute Gasteiger partial charge is 0.309 e. The Morgan fingerprint density at radius 3 is 2.72 bits per heavy atom. The number of carbonyl (C=O) groups is 1. The van der Waals surface area contributed by atoms with Crippen LogP contribution in [0.15, 0.2) is 6.33 Å². The van der Waals surface area contributed by atoms with Crippen molar-refractivity contribution in [2.24, 2.45) is 5.92 Å². The Balaban J connectivity index is 2.56. The van der Waals surface area contributed by atoms with Crippen molar-refractivity contribution in [3.8, 4) is 0 Å². The molecular formula is C12H22N4O2. The lowest BCUT2D eigenvalue weighted by molar-refractivity contribution is -0.145. The average molecular weight is 254 g/mol. The highest BCUT2D eigenvalue weighted by Crippen LogP contribution is 2.09. The number of carbonyl (C=O) groups excluding carboxylic acids is 1. The Bertz CT molecular complexity index is 389. The molecule has 0 saturated carbocycles. The van der Waals surface area contributed by atoms with Crippen molar-refractivity contribution >= 4 is 5.97 Å². The fraction of sp³-hybridized carbons (Fsp3) is 0.750. The summed E-state index contributed by atoms with van der Waals surface area (Å²) in [4.78, 5) is 17.6. The summed E-state index contributed by atoms with van der Waals surface area (Å²) >= 11 is 0. The molecule has 0 bridgehead atoms. The summed E-state index contributed by atoms with van der Waals surface area (Å²) in [7, 11) is 3.37. The number of hydrogen-bond donors (Lipinski definition) is 0. The van der Waals surface area contributed by atoms with Gasteiger partial charge in [-0.3, -0.25) is 9.69 Å². The summed E-state index contributed by atoms with van der Waals surface area (Å²) in [5, 5.41) is 4.19. The van der Waals surface area contributed by atoms with Crippen molar-refractivity contribution < 1.29 is 9.53 Å². The van der Waals surface area contributed by atoms with E-state index in [1.54, 1.807) is 6.33 Å². The van der Waals surface area contributed by atoms with Gasteiger partial charge in [0, 0.05) is 12.6 Å². The van der Waals surface area contributed by atoms with Gasteiger partial charge in [0.15, 0.2) is 0 Å². The number of rotatable bonds is 6. The Hall–Kier alpha value is -1.43. The third-order valence-electron chi connectivity index (χ3n) is 2.74. The van der Waals surface area contributed by atoms with Crippen molar-refractivity contribution in [2.75, 3.05) is 20.7 Å². The van der Waals surface area contributed by atoms with Gasteiger partial charge in [-0.15, -0.1) is 0 Å². The third-order valence-corrected chi connectivity index (χ3v) is 2.74. The van der Waals surface area contributed by atoms with Crippen LogP contribution in [0.1, 0.15) is 32.6 Å². The standard InChI is InChI=1S/C12H22N4O2/c1-9(2)16-11(13-8-14-16)7-15(4)6-10(3)12(17)18-5/h8-10H,6-7H2,1-5H3. The molecule has 0 saturated heterocycles. The van der Waals surface area contributed by atoms with Crippen LogP contribution < -0.4 is 0 Å². The van der Waals surface area contributed by atoms with Crippen molar-refractivity contribution in [2.45, 2.75) is 33.4 Å². The molecule has 1 rings (SSSR count). The van der Waals surface area contributed by atoms with Gasteiger partial charge in [-0.2, -0.15) is 5.10 Å². The highest BCUT2D eigenvalue weighted by Gasteiger charge is 2.17. The zero-order valence-corrected chi connectivity index (χ0v) is 11.8. The fourth-order valence-corrected chi connectivity index (χ4v) is 1.87. The quantitative estimate of drug-likeness (QED) is 0.711. The van der Waals surface area contributed by atoms with E-state index in [0.29, 0.717) is 13.1 Å². The molecule has 0 N–H and O–H groups in total. The zero-order chi connectivity index (χ0) is 13.7. The van der Waals surface area contributed by atoms with Gasteiger partial charge in [0.25, 0.3) is 0 Å². The summed E-state index contributed by atoms with van der Waals surface area (Å²) in [6.07, 6.45) is 1.56. The van der Waals surface area contributed by atoms with E-state index in [4.69, 9.17) is 4.74 Å². The number of ether oxygens (including phenoxy) is 1. The summed E-state index contributed by atoms with van der Waals surface area (Å²) < 4.78 is 6.60. The molecule has 102 valence electrons. The molecule has 0 aliphatic rings. The SMILES string of the molecule is COC(=O)C(C)CN(C)Cc1ncnn1C(C)C. The van der Waals surface area contributed by atoms with Crippen LogP contribution >= 0.6 is 0 Å². The lowest BCUT2D eigenvalue weighted by Gasteiger charge is -2.20. The molecular weight excluding hydrogens is 232 g/mol. The number of nitrogens with zero attached hydrogens (tertiary/aromatic N) is 4. The van der Waals surface area contributed by atoms with E-state index in [9.17, 15) is 4.79 Å². The van der Waals surface area contributed by atoms with Crippen LogP contribution in [0.5, 0.6) is 0 Å². The maximum Gasteiger partial charge on any atom is 0.309 e. The lowest BCUT2D eigenvalue weighted by Crippen LogP contribution is -2.30. The molecule has 0 spiro atoms. The van der Waals surface area contributed by atoms with Gasteiger partial charge in [-0.05, 0) is 20.9 Å². The molecule has 1 unspecified atom stereocenters. The summed E-state index contributed by atoms with van der Waals surface area (Å²) in [5.74, 6) is 0.576. The fourth-order valence-electron chi connectivity index (χ4n) is 1.87. The summed E-state index contributed by atoms with van der Waals surface area (Å²) in [5.41, 5.74) is 0. The van der Waals surface area contributed by atoms with Crippen molar-refractivity contribution in [3.05, 3.63) is 12.2 Å². The van der Waals surface area contributed by atoms with Crippen LogP contribution in [-0.2, 0) is 16.1 Å². The molecule has 0 aliphatic carbocycles. The molecule has 18 heavy (non-hydrogen) atoms. The minimum atomic E-state index is -0.188. The summed E-state index contributed by atoms with van der Waals surface area (Å²) in [6.45, 7) is 7.29. The molecule has 0 aromatic carbocycles. The van der Waals surface area contributed by atoms with Crippen LogP contribution in [0.25, 0.3) is 0 Å². The van der Waals surface area contributed by atoms with Gasteiger partial charge in [0.05, 0.1) is 19.6 Å². The number of hydrogen-bond acceptors (Lipinski definition) is 5. The molecule has 0 amide bonds. The molecule has 1 aromatic rings. The van der Waals surface area contributed by atoms with Crippen LogP contribution in [0, 0.1) is 5.92 Å². The summed E-state index contributed by atoms with van der Waals surface area (Å²) in [6, 6.07) is 0.286. The lowest BCUT2D eigenvalue weighted by atomic mass is 10.2. The van der Waals surface area contributed by atoms with E-state index in [2.05, 4.69) is 23.9 Å². The van der Waals surface area contributed by atoms with E-state index in [-0.39, 0.29) is 17.9 Å². The molecule has 0 fully saturated rings. The molecule has 0 aliphatic heterocycles. The van der Waals surface area contributed by atoms with Gasteiger partial charge in [0.2, 0.25) is 0 Å². The maximum absolute atomic E-state index is 11.3. The van der Waals surface area contributed by atoms with E-state index < -0.39 is 0 Å². The largest absolute Gasteiger partial charge is 0.469 e. The molecule has 6 nitrogen and oxygen atoms in total. The first-order valence-electron chi connectivity index (χ1n) is 6.10. The Kier molecular flexibility index (Phi) is 5.27. The highest BCUT2D eigenvalue weighted by atomic mass is 16.5. The van der Waals surface area contributed by atoms with Crippen LogP contribution in [0.3, 0.4) is 0 Å². The van der Waals surface area contributed by atoms with Gasteiger partial charge < -0.3 is 4.74 Å². The van der Waals surface area contributed by atoms with Gasteiger partial charge in [-0.25, -0.2) is 9.67 Å². The monoisotopic (exact) mass is 254 g/mol. The Morgan fingerprint density at radius 1 is 1.50 bits per heavy atom. The second kappa shape index (κ2) is 6.49. The minimum Gasteiger partial charge on any atom is -0.469 e. The maximum atomic E-state index is 11.3. The predicted octanol–water partition coefficient (Wildman–Crippen LogP) is 1.10. The predicted molar refractivity (Wildman–Crippen MR) is 67.9 cm³/mol. The second-order valence-electron chi connectivity index (χ2n) is 4.84. The van der Waals surface area contributed by atoms with Crippen LogP contribution in [0.2, 0.25) is 0 Å². The second-order valence-corrected chi connectivity index (χ2v) is 4.84. The number of methoxy groups -OCH3 is 1. The average Bonchev–Trinajstić information content (AvgIpc) is 2.75. The Labute approximate surface area is 108 Å². The molecule has 1 aromatic heterocycles. The van der Waals surface area contributed by atoms with Crippen LogP contribution in [-0.4, -0.2) is 46.3 Å². The molecule has 1 heterocycles. The van der Waals surface area contributed by atoms with E-state index in [1.165, 1.54) is 7.11 Å². The topological polar surface area (TPSA) is 60.2 Å². The molecule has 6 heteroatoms. The van der Waals surface area contributed by atoms with Crippen molar-refractivity contribution in [1.82, 2.24) is 19.7 Å². The normalized spacial score (nSPS) is 13.1. The minimum absolute atomic E-state index is 0.143. The Morgan fingerprint density at radius 2 is 2.17 bits per heavy atom. The van der Waals surface area contributed by atoms with Gasteiger partial charge in [-0.1, -0.05) is 6.92 Å². The number of esters is 1. The first-order valence-corrected chi connectivity index (χ1v) is 6.10. The van der Waals surface area contributed by atoms with Crippen molar-refractivity contribution in [3.63, 3.8) is 0 Å².